The number of halogens is 1. The first-order valence-electron chi connectivity index (χ1n) is 10.5. The van der Waals surface area contributed by atoms with Gasteiger partial charge in [0, 0.05) is 35.0 Å². The van der Waals surface area contributed by atoms with Crippen molar-refractivity contribution in [2.45, 2.75) is 20.3 Å². The van der Waals surface area contributed by atoms with Crippen molar-refractivity contribution >= 4 is 32.8 Å². The Morgan fingerprint density at radius 1 is 0.900 bits per heavy atom. The Morgan fingerprint density at radius 3 is 2.30 bits per heavy atom. The molecule has 30 heavy (non-hydrogen) atoms. The predicted octanol–water partition coefficient (Wildman–Crippen LogP) is 6.33. The zero-order valence-electron chi connectivity index (χ0n) is 17.3. The third kappa shape index (κ3) is 3.52. The molecule has 2 aromatic carbocycles. The molecule has 0 radical (unpaired) electrons. The van der Waals surface area contributed by atoms with E-state index in [0.717, 1.165) is 40.1 Å². The minimum atomic E-state index is 0.660. The second kappa shape index (κ2) is 7.88. The number of fused-ring (bicyclic) bond motifs is 1. The number of hydrogen-bond acceptors (Lipinski definition) is 3. The number of hydrogen-bond donors (Lipinski definition) is 0. The summed E-state index contributed by atoms with van der Waals surface area (Å²) in [7, 11) is 0. The van der Waals surface area contributed by atoms with Gasteiger partial charge in [-0.3, -0.25) is 0 Å². The number of rotatable bonds is 3. The Balaban J connectivity index is 1.75. The van der Waals surface area contributed by atoms with Gasteiger partial charge in [-0.05, 0) is 48.1 Å². The third-order valence-electron chi connectivity index (χ3n) is 5.92. The van der Waals surface area contributed by atoms with Crippen molar-refractivity contribution in [1.29, 1.82) is 0 Å². The van der Waals surface area contributed by atoms with Gasteiger partial charge in [0.1, 0.15) is 12.1 Å². The van der Waals surface area contributed by atoms with Crippen molar-refractivity contribution in [1.82, 2.24) is 14.5 Å². The van der Waals surface area contributed by atoms with Crippen LogP contribution < -0.4 is 4.90 Å². The fourth-order valence-corrected chi connectivity index (χ4v) is 5.02. The lowest BCUT2D eigenvalue weighted by atomic mass is 9.91. The summed E-state index contributed by atoms with van der Waals surface area (Å²) in [4.78, 5) is 12.0. The second-order valence-corrected chi connectivity index (χ2v) is 9.42. The van der Waals surface area contributed by atoms with Crippen LogP contribution in [0.25, 0.3) is 27.8 Å². The molecular formula is C25H25BrN4. The summed E-state index contributed by atoms with van der Waals surface area (Å²) in [5, 5.41) is 1.13. The van der Waals surface area contributed by atoms with Crippen LogP contribution in [-0.4, -0.2) is 27.6 Å². The Labute approximate surface area is 185 Å². The normalized spacial score (nSPS) is 19.4. The molecule has 4 aromatic rings. The molecule has 1 aliphatic heterocycles. The lowest BCUT2D eigenvalue weighted by Crippen LogP contribution is -2.39. The maximum atomic E-state index is 4.80. The zero-order chi connectivity index (χ0) is 20.7. The van der Waals surface area contributed by atoms with Gasteiger partial charge in [-0.25, -0.2) is 9.97 Å². The molecule has 2 aromatic heterocycles. The molecule has 2 atom stereocenters. The quantitative estimate of drug-likeness (QED) is 0.358. The summed E-state index contributed by atoms with van der Waals surface area (Å²) in [5.41, 5.74) is 4.41. The maximum absolute atomic E-state index is 4.80. The predicted molar refractivity (Wildman–Crippen MR) is 127 cm³/mol. The van der Waals surface area contributed by atoms with Gasteiger partial charge in [0.2, 0.25) is 0 Å². The molecule has 4 nitrogen and oxygen atoms in total. The van der Waals surface area contributed by atoms with Crippen LogP contribution in [-0.2, 0) is 0 Å². The lowest BCUT2D eigenvalue weighted by Gasteiger charge is -2.36. The Kier molecular flexibility index (Phi) is 5.07. The standard InChI is InChI=1S/C25H25BrN4/c1-17-12-18(2)14-29(13-17)24-23-22(19-6-4-3-5-7-19)15-30(25(23)28-16-27-24)21-10-8-20(26)9-11-21/h3-11,15-18H,12-14H2,1-2H3. The topological polar surface area (TPSA) is 34.0 Å². The Hall–Kier alpha value is -2.66. The molecule has 1 fully saturated rings. The van der Waals surface area contributed by atoms with Crippen molar-refractivity contribution in [2.75, 3.05) is 18.0 Å². The minimum absolute atomic E-state index is 0.660. The van der Waals surface area contributed by atoms with E-state index < -0.39 is 0 Å². The van der Waals surface area contributed by atoms with Gasteiger partial charge in [0.05, 0.1) is 5.39 Å². The van der Waals surface area contributed by atoms with E-state index in [9.17, 15) is 0 Å². The highest BCUT2D eigenvalue weighted by Crippen LogP contribution is 2.38. The SMILES string of the molecule is CC1CC(C)CN(c2ncnc3c2c(-c2ccccc2)cn3-c2ccc(Br)cc2)C1. The van der Waals surface area contributed by atoms with Gasteiger partial charge in [0.25, 0.3) is 0 Å². The first-order valence-corrected chi connectivity index (χ1v) is 11.3. The molecular weight excluding hydrogens is 436 g/mol. The van der Waals surface area contributed by atoms with Crippen LogP contribution in [0.2, 0.25) is 0 Å². The van der Waals surface area contributed by atoms with E-state index in [4.69, 9.17) is 9.97 Å². The van der Waals surface area contributed by atoms with Crippen molar-refractivity contribution in [3.05, 3.63) is 71.6 Å². The summed E-state index contributed by atoms with van der Waals surface area (Å²) in [6.45, 7) is 6.75. The van der Waals surface area contributed by atoms with Gasteiger partial charge >= 0.3 is 0 Å². The molecule has 5 rings (SSSR count). The molecule has 0 saturated carbocycles. The van der Waals surface area contributed by atoms with E-state index in [-0.39, 0.29) is 0 Å². The van der Waals surface area contributed by atoms with Gasteiger partial charge in [-0.2, -0.15) is 0 Å². The molecule has 0 spiro atoms. The molecule has 1 saturated heterocycles. The van der Waals surface area contributed by atoms with Crippen LogP contribution in [0.4, 0.5) is 5.82 Å². The first kappa shape index (κ1) is 19.3. The molecule has 0 N–H and O–H groups in total. The fourth-order valence-electron chi connectivity index (χ4n) is 4.76. The van der Waals surface area contributed by atoms with Crippen LogP contribution in [0, 0.1) is 11.8 Å². The number of aromatic nitrogens is 3. The Morgan fingerprint density at radius 2 is 1.60 bits per heavy atom. The number of nitrogens with zero attached hydrogens (tertiary/aromatic N) is 4. The zero-order valence-corrected chi connectivity index (χ0v) is 18.9. The summed E-state index contributed by atoms with van der Waals surface area (Å²) < 4.78 is 3.25. The van der Waals surface area contributed by atoms with E-state index in [1.54, 1.807) is 6.33 Å². The number of anilines is 1. The highest BCUT2D eigenvalue weighted by atomic mass is 79.9. The average molecular weight is 461 g/mol. The van der Waals surface area contributed by atoms with Crippen molar-refractivity contribution in [3.63, 3.8) is 0 Å². The van der Waals surface area contributed by atoms with Gasteiger partial charge in [-0.15, -0.1) is 0 Å². The van der Waals surface area contributed by atoms with Crippen LogP contribution in [0.3, 0.4) is 0 Å². The third-order valence-corrected chi connectivity index (χ3v) is 6.45. The molecule has 152 valence electrons. The largest absolute Gasteiger partial charge is 0.355 e. The highest BCUT2D eigenvalue weighted by Gasteiger charge is 2.26. The van der Waals surface area contributed by atoms with Crippen LogP contribution in [0.1, 0.15) is 20.3 Å². The van der Waals surface area contributed by atoms with Gasteiger partial charge < -0.3 is 9.47 Å². The first-order chi connectivity index (χ1) is 14.6. The lowest BCUT2D eigenvalue weighted by molar-refractivity contribution is 0.356. The molecule has 3 heterocycles. The van der Waals surface area contributed by atoms with Crippen molar-refractivity contribution in [3.8, 4) is 16.8 Å². The molecule has 0 bridgehead atoms. The summed E-state index contributed by atoms with van der Waals surface area (Å²) in [6, 6.07) is 18.9. The van der Waals surface area contributed by atoms with E-state index in [1.807, 2.05) is 0 Å². The van der Waals surface area contributed by atoms with Crippen LogP contribution in [0.15, 0.2) is 71.6 Å². The summed E-state index contributed by atoms with van der Waals surface area (Å²) in [6.07, 6.45) is 5.19. The monoisotopic (exact) mass is 460 g/mol. The van der Waals surface area contributed by atoms with Crippen molar-refractivity contribution < 1.29 is 0 Å². The molecule has 5 heteroatoms. The molecule has 0 aliphatic carbocycles. The van der Waals surface area contributed by atoms with E-state index >= 15 is 0 Å². The molecule has 2 unspecified atom stereocenters. The number of benzene rings is 2. The second-order valence-electron chi connectivity index (χ2n) is 8.50. The smallest absolute Gasteiger partial charge is 0.150 e. The number of piperidine rings is 1. The fraction of sp³-hybridized carbons (Fsp3) is 0.280. The van der Waals surface area contributed by atoms with Crippen LogP contribution >= 0.6 is 15.9 Å². The summed E-state index contributed by atoms with van der Waals surface area (Å²) >= 11 is 3.54. The maximum Gasteiger partial charge on any atom is 0.150 e. The summed E-state index contributed by atoms with van der Waals surface area (Å²) in [5.74, 6) is 2.37. The van der Waals surface area contributed by atoms with Crippen LogP contribution in [0.5, 0.6) is 0 Å². The molecule has 1 aliphatic rings. The van der Waals surface area contributed by atoms with E-state index in [0.29, 0.717) is 11.8 Å². The van der Waals surface area contributed by atoms with Crippen molar-refractivity contribution in [2.24, 2.45) is 11.8 Å². The minimum Gasteiger partial charge on any atom is -0.355 e. The Bertz CT molecular complexity index is 1160. The highest BCUT2D eigenvalue weighted by molar-refractivity contribution is 9.10. The van der Waals surface area contributed by atoms with Gasteiger partial charge in [0.15, 0.2) is 5.65 Å². The molecule has 0 amide bonds. The van der Waals surface area contributed by atoms with Gasteiger partial charge in [-0.1, -0.05) is 60.1 Å². The van der Waals surface area contributed by atoms with E-state index in [1.165, 1.54) is 17.5 Å². The van der Waals surface area contributed by atoms with E-state index in [2.05, 4.69) is 100 Å². The average Bonchev–Trinajstić information content (AvgIpc) is 3.14.